The maximum absolute atomic E-state index is 11.5. The van der Waals surface area contributed by atoms with Crippen molar-refractivity contribution in [2.45, 2.75) is 6.42 Å². The molecule has 0 aromatic heterocycles. The van der Waals surface area contributed by atoms with Crippen LogP contribution in [0.4, 0.5) is 5.69 Å². The number of nitrogens with zero attached hydrogens (tertiary/aromatic N) is 4. The van der Waals surface area contributed by atoms with Crippen molar-refractivity contribution >= 4 is 46.1 Å². The van der Waals surface area contributed by atoms with Crippen molar-refractivity contribution in [1.82, 2.24) is 5.01 Å². The lowest BCUT2D eigenvalue weighted by Gasteiger charge is -2.17. The maximum atomic E-state index is 11.5. The van der Waals surface area contributed by atoms with Crippen LogP contribution in [-0.4, -0.2) is 40.8 Å². The molecule has 7 heteroatoms. The molecule has 1 saturated heterocycles. The molecule has 1 aromatic rings. The second-order valence-electron chi connectivity index (χ2n) is 4.43. The van der Waals surface area contributed by atoms with Gasteiger partial charge in [0.25, 0.3) is 5.91 Å². The Morgan fingerprint density at radius 1 is 1.52 bits per heavy atom. The number of rotatable bonds is 5. The molecule has 0 aliphatic carbocycles. The fourth-order valence-electron chi connectivity index (χ4n) is 1.75. The first-order valence-corrected chi connectivity index (χ1v) is 7.73. The van der Waals surface area contributed by atoms with Crippen molar-refractivity contribution in [3.05, 3.63) is 29.8 Å². The van der Waals surface area contributed by atoms with Gasteiger partial charge in [-0.15, -0.1) is 0 Å². The molecule has 5 nitrogen and oxygen atoms in total. The van der Waals surface area contributed by atoms with E-state index >= 15 is 0 Å². The zero-order chi connectivity index (χ0) is 15.2. The van der Waals surface area contributed by atoms with Crippen molar-refractivity contribution in [3.63, 3.8) is 0 Å². The van der Waals surface area contributed by atoms with Gasteiger partial charge in [-0.2, -0.15) is 15.4 Å². The minimum absolute atomic E-state index is 0.0888. The van der Waals surface area contributed by atoms with Crippen molar-refractivity contribution in [3.8, 4) is 6.07 Å². The largest absolute Gasteiger partial charge is 0.374 e. The molecule has 1 aliphatic rings. The quantitative estimate of drug-likeness (QED) is 0.615. The van der Waals surface area contributed by atoms with E-state index in [9.17, 15) is 4.79 Å². The number of nitriles is 1. The van der Waals surface area contributed by atoms with Crippen LogP contribution in [0.5, 0.6) is 0 Å². The third kappa shape index (κ3) is 4.03. The van der Waals surface area contributed by atoms with Crippen LogP contribution < -0.4 is 4.90 Å². The molecule has 1 aliphatic heterocycles. The minimum atomic E-state index is -0.0888. The van der Waals surface area contributed by atoms with Crippen molar-refractivity contribution < 1.29 is 4.79 Å². The normalized spacial score (nSPS) is 14.8. The number of thioether (sulfide) groups is 1. The van der Waals surface area contributed by atoms with Gasteiger partial charge in [-0.25, -0.2) is 0 Å². The summed E-state index contributed by atoms with van der Waals surface area (Å²) in [5.41, 5.74) is 1.92. The summed E-state index contributed by atoms with van der Waals surface area (Å²) in [5, 5.41) is 14.0. The van der Waals surface area contributed by atoms with E-state index in [1.807, 2.05) is 36.2 Å². The molecule has 1 fully saturated rings. The Morgan fingerprint density at radius 2 is 2.24 bits per heavy atom. The Morgan fingerprint density at radius 3 is 2.81 bits per heavy atom. The van der Waals surface area contributed by atoms with Crippen LogP contribution in [0.2, 0.25) is 0 Å². The van der Waals surface area contributed by atoms with E-state index in [4.69, 9.17) is 17.5 Å². The molecule has 1 amide bonds. The lowest BCUT2D eigenvalue weighted by Crippen LogP contribution is -2.22. The van der Waals surface area contributed by atoms with Crippen LogP contribution in [0, 0.1) is 11.3 Å². The predicted octanol–water partition coefficient (Wildman–Crippen LogP) is 2.23. The molecule has 1 aromatic carbocycles. The monoisotopic (exact) mass is 318 g/mol. The summed E-state index contributed by atoms with van der Waals surface area (Å²) < 4.78 is 0.490. The lowest BCUT2D eigenvalue weighted by atomic mass is 10.2. The summed E-state index contributed by atoms with van der Waals surface area (Å²) >= 11 is 6.37. The summed E-state index contributed by atoms with van der Waals surface area (Å²) in [6.45, 7) is 0.692. The van der Waals surface area contributed by atoms with E-state index < -0.39 is 0 Å². The van der Waals surface area contributed by atoms with Crippen LogP contribution in [-0.2, 0) is 4.79 Å². The molecular weight excluding hydrogens is 304 g/mol. The summed E-state index contributed by atoms with van der Waals surface area (Å²) in [7, 11) is 1.94. The number of amides is 1. The van der Waals surface area contributed by atoms with Crippen LogP contribution in [0.25, 0.3) is 0 Å². The Labute approximate surface area is 133 Å². The molecule has 0 saturated carbocycles. The zero-order valence-electron chi connectivity index (χ0n) is 11.5. The molecule has 1 heterocycles. The van der Waals surface area contributed by atoms with Crippen molar-refractivity contribution in [2.75, 3.05) is 24.2 Å². The van der Waals surface area contributed by atoms with Gasteiger partial charge in [0.05, 0.1) is 24.5 Å². The Bertz CT molecular complexity index is 590. The number of anilines is 1. The predicted molar refractivity (Wildman–Crippen MR) is 89.4 cm³/mol. The Hall–Kier alpha value is -1.91. The average molecular weight is 318 g/mol. The minimum Gasteiger partial charge on any atom is -0.374 e. The van der Waals surface area contributed by atoms with Gasteiger partial charge in [-0.1, -0.05) is 36.1 Å². The van der Waals surface area contributed by atoms with E-state index in [0.717, 1.165) is 11.3 Å². The first kappa shape index (κ1) is 15.5. The molecular formula is C14H14N4OS2. The number of thiocarbonyl (C=S) groups is 1. The fourth-order valence-corrected chi connectivity index (χ4v) is 2.71. The zero-order valence-corrected chi connectivity index (χ0v) is 13.2. The van der Waals surface area contributed by atoms with Crippen LogP contribution in [0.3, 0.4) is 0 Å². The van der Waals surface area contributed by atoms with Crippen molar-refractivity contribution in [2.24, 2.45) is 5.10 Å². The molecule has 2 rings (SSSR count). The maximum Gasteiger partial charge on any atom is 0.259 e. The lowest BCUT2D eigenvalue weighted by molar-refractivity contribution is -0.123. The number of benzene rings is 1. The van der Waals surface area contributed by atoms with Crippen LogP contribution in [0.15, 0.2) is 29.4 Å². The van der Waals surface area contributed by atoms with E-state index in [1.54, 1.807) is 6.21 Å². The smallest absolute Gasteiger partial charge is 0.259 e. The Kier molecular flexibility index (Phi) is 5.31. The standard InChI is InChI=1S/C14H14N4OS2/c1-17(8-2-7-15)12-5-3-11(4-6-12)9-16-18-13(19)10-21-14(18)20/h3-6,9H,2,8,10H2,1H3/b16-9+. The number of carbonyl (C=O) groups is 1. The number of hydrogen-bond acceptors (Lipinski definition) is 6. The second-order valence-corrected chi connectivity index (χ2v) is 6.04. The van der Waals surface area contributed by atoms with Gasteiger partial charge in [-0.05, 0) is 17.7 Å². The fraction of sp³-hybridized carbons (Fsp3) is 0.286. The van der Waals surface area contributed by atoms with Gasteiger partial charge >= 0.3 is 0 Å². The van der Waals surface area contributed by atoms with Crippen LogP contribution >= 0.6 is 24.0 Å². The van der Waals surface area contributed by atoms with Gasteiger partial charge < -0.3 is 4.90 Å². The van der Waals surface area contributed by atoms with Gasteiger partial charge in [0.15, 0.2) is 4.32 Å². The van der Waals surface area contributed by atoms with E-state index in [1.165, 1.54) is 16.8 Å². The summed E-state index contributed by atoms with van der Waals surface area (Å²) in [6, 6.07) is 9.87. The van der Waals surface area contributed by atoms with Gasteiger partial charge in [0.1, 0.15) is 0 Å². The number of carbonyl (C=O) groups excluding carboxylic acids is 1. The second kappa shape index (κ2) is 7.20. The highest BCUT2D eigenvalue weighted by Crippen LogP contribution is 2.19. The molecule has 21 heavy (non-hydrogen) atoms. The summed E-state index contributed by atoms with van der Waals surface area (Å²) in [4.78, 5) is 13.5. The topological polar surface area (TPSA) is 59.7 Å². The Balaban J connectivity index is 2.01. The van der Waals surface area contributed by atoms with E-state index in [-0.39, 0.29) is 5.91 Å². The molecule has 0 radical (unpaired) electrons. The third-order valence-electron chi connectivity index (χ3n) is 2.94. The summed E-state index contributed by atoms with van der Waals surface area (Å²) in [6.07, 6.45) is 2.11. The average Bonchev–Trinajstić information content (AvgIpc) is 2.82. The molecule has 108 valence electrons. The number of hydrogen-bond donors (Lipinski definition) is 0. The summed E-state index contributed by atoms with van der Waals surface area (Å²) in [5.74, 6) is 0.271. The van der Waals surface area contributed by atoms with Crippen molar-refractivity contribution in [1.29, 1.82) is 5.26 Å². The number of hydrazone groups is 1. The first-order chi connectivity index (χ1) is 10.1. The molecule has 0 unspecified atom stereocenters. The molecule has 0 bridgehead atoms. The molecule has 0 atom stereocenters. The third-order valence-corrected chi connectivity index (χ3v) is 4.28. The molecule has 0 N–H and O–H groups in total. The van der Waals surface area contributed by atoms with Gasteiger partial charge in [0, 0.05) is 19.3 Å². The highest BCUT2D eigenvalue weighted by molar-refractivity contribution is 8.23. The highest BCUT2D eigenvalue weighted by atomic mass is 32.2. The van der Waals surface area contributed by atoms with E-state index in [2.05, 4.69) is 11.2 Å². The van der Waals surface area contributed by atoms with E-state index in [0.29, 0.717) is 23.0 Å². The van der Waals surface area contributed by atoms with Gasteiger partial charge in [-0.3, -0.25) is 4.79 Å². The SMILES string of the molecule is CN(CCC#N)c1ccc(/C=N/N2C(=O)CSC2=S)cc1. The molecule has 0 spiro atoms. The highest BCUT2D eigenvalue weighted by Gasteiger charge is 2.25. The first-order valence-electron chi connectivity index (χ1n) is 6.33. The van der Waals surface area contributed by atoms with Gasteiger partial charge in [0.2, 0.25) is 0 Å². The van der Waals surface area contributed by atoms with Crippen LogP contribution in [0.1, 0.15) is 12.0 Å².